The number of hydrogen-bond donors (Lipinski definition) is 1. The highest BCUT2D eigenvalue weighted by molar-refractivity contribution is 6.30. The summed E-state index contributed by atoms with van der Waals surface area (Å²) in [4.78, 5) is 11.1. The number of methoxy groups -OCH3 is 1. The number of halogens is 1. The molecule has 0 saturated carbocycles. The molecule has 0 fully saturated rings. The maximum absolute atomic E-state index is 11.1. The zero-order valence-electron chi connectivity index (χ0n) is 12.4. The van der Waals surface area contributed by atoms with E-state index in [1.807, 2.05) is 36.4 Å². The van der Waals surface area contributed by atoms with E-state index in [4.69, 9.17) is 21.4 Å². The van der Waals surface area contributed by atoms with Gasteiger partial charge in [-0.05, 0) is 42.3 Å². The Balaban J connectivity index is 2.46. The molecule has 3 nitrogen and oxygen atoms in total. The number of allylic oxidation sites excluding steroid dienone is 1. The lowest BCUT2D eigenvalue weighted by atomic mass is 9.89. The van der Waals surface area contributed by atoms with Crippen molar-refractivity contribution in [2.24, 2.45) is 0 Å². The molecule has 2 aromatic rings. The number of ether oxygens (including phenoxy) is 1. The van der Waals surface area contributed by atoms with Crippen molar-refractivity contribution in [1.29, 1.82) is 0 Å². The molecular formula is C18H17ClO3. The number of hydrogen-bond acceptors (Lipinski definition) is 2. The molecule has 2 rings (SSSR count). The average Bonchev–Trinajstić information content (AvgIpc) is 2.53. The van der Waals surface area contributed by atoms with E-state index in [1.165, 1.54) is 0 Å². The zero-order chi connectivity index (χ0) is 16.1. The Morgan fingerprint density at radius 1 is 1.09 bits per heavy atom. The van der Waals surface area contributed by atoms with Crippen molar-refractivity contribution in [3.05, 3.63) is 76.3 Å². The highest BCUT2D eigenvalue weighted by atomic mass is 35.5. The number of rotatable bonds is 5. The number of benzene rings is 2. The van der Waals surface area contributed by atoms with E-state index in [2.05, 4.69) is 0 Å². The van der Waals surface area contributed by atoms with Gasteiger partial charge < -0.3 is 9.84 Å². The Hall–Kier alpha value is -2.26. The zero-order valence-corrected chi connectivity index (χ0v) is 13.2. The average molecular weight is 317 g/mol. The van der Waals surface area contributed by atoms with E-state index in [0.29, 0.717) is 10.6 Å². The first-order chi connectivity index (χ1) is 10.5. The Bertz CT molecular complexity index is 672. The minimum Gasteiger partial charge on any atom is -0.497 e. The first kappa shape index (κ1) is 16.1. The van der Waals surface area contributed by atoms with Gasteiger partial charge in [0.15, 0.2) is 0 Å². The molecule has 0 aliphatic heterocycles. The predicted molar refractivity (Wildman–Crippen MR) is 87.7 cm³/mol. The van der Waals surface area contributed by atoms with Gasteiger partial charge in [-0.15, -0.1) is 0 Å². The lowest BCUT2D eigenvalue weighted by Crippen LogP contribution is -2.03. The minimum atomic E-state index is -0.924. The molecule has 0 saturated heterocycles. The number of carbonyl (C=O) groups is 1. The van der Waals surface area contributed by atoms with E-state index >= 15 is 0 Å². The largest absolute Gasteiger partial charge is 0.497 e. The summed E-state index contributed by atoms with van der Waals surface area (Å²) in [6, 6.07) is 15.0. The fourth-order valence-corrected chi connectivity index (χ4v) is 2.31. The van der Waals surface area contributed by atoms with Crippen molar-refractivity contribution < 1.29 is 14.6 Å². The van der Waals surface area contributed by atoms with E-state index in [-0.39, 0.29) is 5.92 Å². The van der Waals surface area contributed by atoms with Crippen LogP contribution in [0.15, 0.2) is 60.2 Å². The Morgan fingerprint density at radius 2 is 1.59 bits per heavy atom. The summed E-state index contributed by atoms with van der Waals surface area (Å²) in [6.07, 6.45) is 1.74. The normalized spacial score (nSPS) is 12.8. The molecule has 4 heteroatoms. The molecule has 0 heterocycles. The predicted octanol–water partition coefficient (Wildman–Crippen LogP) is 4.51. The molecule has 0 aliphatic carbocycles. The summed E-state index contributed by atoms with van der Waals surface area (Å²) in [5.41, 5.74) is 2.27. The topological polar surface area (TPSA) is 46.5 Å². The second-order valence-corrected chi connectivity index (χ2v) is 5.39. The van der Waals surface area contributed by atoms with Crippen molar-refractivity contribution in [3.63, 3.8) is 0 Å². The van der Waals surface area contributed by atoms with Crippen LogP contribution in [0, 0.1) is 0 Å². The maximum Gasteiger partial charge on any atom is 0.330 e. The summed E-state index contributed by atoms with van der Waals surface area (Å²) in [5, 5.41) is 9.79. The molecule has 0 aromatic heterocycles. The van der Waals surface area contributed by atoms with Crippen LogP contribution in [0.5, 0.6) is 5.75 Å². The smallest absolute Gasteiger partial charge is 0.330 e. The Kier molecular flexibility index (Phi) is 5.23. The van der Waals surface area contributed by atoms with Gasteiger partial charge in [-0.2, -0.15) is 0 Å². The van der Waals surface area contributed by atoms with Gasteiger partial charge in [0.2, 0.25) is 0 Å². The van der Waals surface area contributed by atoms with Crippen LogP contribution in [-0.4, -0.2) is 18.2 Å². The molecule has 0 aliphatic rings. The second-order valence-electron chi connectivity index (χ2n) is 4.96. The number of aliphatic carboxylic acids is 1. The summed E-state index contributed by atoms with van der Waals surface area (Å²) < 4.78 is 5.16. The monoisotopic (exact) mass is 316 g/mol. The van der Waals surface area contributed by atoms with Crippen LogP contribution in [0.25, 0.3) is 0 Å². The van der Waals surface area contributed by atoms with Gasteiger partial charge in [-0.1, -0.05) is 41.9 Å². The molecular weight excluding hydrogens is 300 g/mol. The summed E-state index contributed by atoms with van der Waals surface area (Å²) in [6.45, 7) is 1.59. The summed E-state index contributed by atoms with van der Waals surface area (Å²) >= 11 is 5.93. The fraction of sp³-hybridized carbons (Fsp3) is 0.167. The third-order valence-electron chi connectivity index (χ3n) is 3.46. The molecule has 0 radical (unpaired) electrons. The Morgan fingerprint density at radius 3 is 2.05 bits per heavy atom. The van der Waals surface area contributed by atoms with Crippen molar-refractivity contribution in [2.75, 3.05) is 7.11 Å². The fourth-order valence-electron chi connectivity index (χ4n) is 2.19. The molecule has 1 N–H and O–H groups in total. The van der Waals surface area contributed by atoms with Gasteiger partial charge in [0.1, 0.15) is 5.75 Å². The van der Waals surface area contributed by atoms with Crippen molar-refractivity contribution in [1.82, 2.24) is 0 Å². The summed E-state index contributed by atoms with van der Waals surface area (Å²) in [7, 11) is 1.61. The quantitative estimate of drug-likeness (QED) is 0.825. The second kappa shape index (κ2) is 7.14. The van der Waals surface area contributed by atoms with E-state index in [1.54, 1.807) is 32.2 Å². The van der Waals surface area contributed by atoms with Gasteiger partial charge in [-0.3, -0.25) is 0 Å². The van der Waals surface area contributed by atoms with Gasteiger partial charge >= 0.3 is 5.97 Å². The summed E-state index contributed by atoms with van der Waals surface area (Å²) in [5.74, 6) is -0.315. The third-order valence-corrected chi connectivity index (χ3v) is 3.71. The van der Waals surface area contributed by atoms with Crippen LogP contribution in [0.4, 0.5) is 0 Å². The van der Waals surface area contributed by atoms with Gasteiger partial charge in [0.25, 0.3) is 0 Å². The van der Waals surface area contributed by atoms with Crippen LogP contribution in [0.2, 0.25) is 5.02 Å². The lowest BCUT2D eigenvalue weighted by molar-refractivity contribution is -0.132. The van der Waals surface area contributed by atoms with Crippen molar-refractivity contribution >= 4 is 17.6 Å². The van der Waals surface area contributed by atoms with Crippen molar-refractivity contribution in [3.8, 4) is 5.75 Å². The molecule has 2 aromatic carbocycles. The van der Waals surface area contributed by atoms with Gasteiger partial charge in [0, 0.05) is 16.5 Å². The van der Waals surface area contributed by atoms with E-state index < -0.39 is 5.97 Å². The third kappa shape index (κ3) is 3.89. The minimum absolute atomic E-state index is 0.153. The SMILES string of the molecule is COc1ccc(C(/C=C(\C)C(=O)O)c2ccc(Cl)cc2)cc1. The van der Waals surface area contributed by atoms with Crippen LogP contribution in [0.1, 0.15) is 24.0 Å². The highest BCUT2D eigenvalue weighted by Crippen LogP contribution is 2.29. The molecule has 114 valence electrons. The molecule has 0 bridgehead atoms. The highest BCUT2D eigenvalue weighted by Gasteiger charge is 2.14. The van der Waals surface area contributed by atoms with Gasteiger partial charge in [0.05, 0.1) is 7.11 Å². The van der Waals surface area contributed by atoms with E-state index in [0.717, 1.165) is 16.9 Å². The molecule has 1 unspecified atom stereocenters. The van der Waals surface area contributed by atoms with E-state index in [9.17, 15) is 4.79 Å². The number of carboxylic acid groups (broad SMARTS) is 1. The first-order valence-electron chi connectivity index (χ1n) is 6.82. The molecule has 22 heavy (non-hydrogen) atoms. The molecule has 0 spiro atoms. The lowest BCUT2D eigenvalue weighted by Gasteiger charge is -2.15. The maximum atomic E-state index is 11.1. The van der Waals surface area contributed by atoms with Crippen LogP contribution in [-0.2, 0) is 4.79 Å². The van der Waals surface area contributed by atoms with Gasteiger partial charge in [-0.25, -0.2) is 4.79 Å². The van der Waals surface area contributed by atoms with Crippen LogP contribution < -0.4 is 4.74 Å². The van der Waals surface area contributed by atoms with Crippen molar-refractivity contribution in [2.45, 2.75) is 12.8 Å². The van der Waals surface area contributed by atoms with Crippen LogP contribution >= 0.6 is 11.6 Å². The number of carboxylic acids is 1. The standard InChI is InChI=1S/C18H17ClO3/c1-12(18(20)21)11-17(13-3-7-15(19)8-4-13)14-5-9-16(22-2)10-6-14/h3-11,17H,1-2H3,(H,20,21)/b12-11+. The van der Waals surface area contributed by atoms with Crippen LogP contribution in [0.3, 0.4) is 0 Å². The Labute approximate surface area is 134 Å². The molecule has 1 atom stereocenters. The molecule has 0 amide bonds. The first-order valence-corrected chi connectivity index (χ1v) is 7.20.